The molecule has 0 bridgehead atoms. The highest BCUT2D eigenvalue weighted by Crippen LogP contribution is 2.24. The zero-order chi connectivity index (χ0) is 16.5. The highest BCUT2D eigenvalue weighted by atomic mass is 16.3. The van der Waals surface area contributed by atoms with Gasteiger partial charge >= 0.3 is 0 Å². The van der Waals surface area contributed by atoms with Crippen molar-refractivity contribution >= 4 is 0 Å². The number of aromatic hydroxyl groups is 2. The van der Waals surface area contributed by atoms with Crippen LogP contribution in [-0.4, -0.2) is 10.2 Å². The third-order valence-electron chi connectivity index (χ3n) is 4.50. The van der Waals surface area contributed by atoms with Crippen molar-refractivity contribution in [3.05, 3.63) is 59.7 Å². The molecule has 0 aliphatic carbocycles. The molecular formula is C21H28O2. The third kappa shape index (κ3) is 6.35. The van der Waals surface area contributed by atoms with Crippen molar-refractivity contribution < 1.29 is 10.2 Å². The topological polar surface area (TPSA) is 40.5 Å². The molecule has 2 heteroatoms. The number of phenols is 2. The molecule has 0 saturated carbocycles. The van der Waals surface area contributed by atoms with Crippen molar-refractivity contribution in [2.45, 2.75) is 57.8 Å². The van der Waals surface area contributed by atoms with Crippen LogP contribution < -0.4 is 0 Å². The third-order valence-corrected chi connectivity index (χ3v) is 4.50. The first-order valence-corrected chi connectivity index (χ1v) is 8.72. The Balaban J connectivity index is 1.53. The number of phenolic OH excluding ortho intramolecular Hbond substituents is 2. The summed E-state index contributed by atoms with van der Waals surface area (Å²) in [6.07, 6.45) is 8.65. The van der Waals surface area contributed by atoms with Crippen LogP contribution in [0, 0.1) is 0 Å². The van der Waals surface area contributed by atoms with Gasteiger partial charge in [-0.1, -0.05) is 56.9 Å². The van der Waals surface area contributed by atoms with Gasteiger partial charge in [0.2, 0.25) is 0 Å². The number of benzene rings is 2. The van der Waals surface area contributed by atoms with E-state index in [1.807, 2.05) is 24.3 Å². The molecule has 0 saturated heterocycles. The zero-order valence-corrected chi connectivity index (χ0v) is 14.0. The van der Waals surface area contributed by atoms with Crippen molar-refractivity contribution in [2.75, 3.05) is 0 Å². The van der Waals surface area contributed by atoms with Crippen LogP contribution in [-0.2, 0) is 6.42 Å². The van der Waals surface area contributed by atoms with Crippen molar-refractivity contribution in [1.82, 2.24) is 0 Å². The minimum absolute atomic E-state index is 0.342. The average molecular weight is 312 g/mol. The predicted octanol–water partition coefficient (Wildman–Crippen LogP) is 5.78. The number of hydrogen-bond donors (Lipinski definition) is 2. The van der Waals surface area contributed by atoms with Gasteiger partial charge in [0.05, 0.1) is 0 Å². The fourth-order valence-corrected chi connectivity index (χ4v) is 2.94. The first-order chi connectivity index (χ1) is 11.1. The second kappa shape index (κ2) is 9.24. The van der Waals surface area contributed by atoms with Crippen LogP contribution in [0.1, 0.15) is 62.5 Å². The smallest absolute Gasteiger partial charge is 0.115 e. The summed E-state index contributed by atoms with van der Waals surface area (Å²) in [4.78, 5) is 0. The van der Waals surface area contributed by atoms with Crippen molar-refractivity contribution in [1.29, 1.82) is 0 Å². The monoisotopic (exact) mass is 312 g/mol. The standard InChI is InChI=1S/C21H28O2/c1-17(19-11-15-21(23)16-12-19)7-5-3-2-4-6-8-18-9-13-20(22)14-10-18/h9-17,22-23H,2-8H2,1H3. The van der Waals surface area contributed by atoms with Gasteiger partial charge in [0.15, 0.2) is 0 Å². The SMILES string of the molecule is CC(CCCCCCCc1ccc(O)cc1)c1ccc(O)cc1. The molecule has 2 rings (SSSR count). The van der Waals surface area contributed by atoms with E-state index >= 15 is 0 Å². The summed E-state index contributed by atoms with van der Waals surface area (Å²) >= 11 is 0. The Hall–Kier alpha value is -1.96. The first-order valence-electron chi connectivity index (χ1n) is 8.72. The first kappa shape index (κ1) is 17.4. The summed E-state index contributed by atoms with van der Waals surface area (Å²) in [5.74, 6) is 1.25. The highest BCUT2D eigenvalue weighted by Gasteiger charge is 2.05. The summed E-state index contributed by atoms with van der Waals surface area (Å²) in [5.41, 5.74) is 2.62. The zero-order valence-electron chi connectivity index (χ0n) is 14.0. The minimum atomic E-state index is 0.342. The van der Waals surface area contributed by atoms with Gasteiger partial charge in [-0.05, 0) is 60.6 Å². The lowest BCUT2D eigenvalue weighted by Gasteiger charge is -2.11. The maximum atomic E-state index is 9.32. The van der Waals surface area contributed by atoms with E-state index in [1.165, 1.54) is 49.7 Å². The normalized spacial score (nSPS) is 12.2. The van der Waals surface area contributed by atoms with E-state index in [9.17, 15) is 10.2 Å². The predicted molar refractivity (Wildman–Crippen MR) is 96.0 cm³/mol. The molecule has 23 heavy (non-hydrogen) atoms. The molecule has 2 nitrogen and oxygen atoms in total. The lowest BCUT2D eigenvalue weighted by molar-refractivity contribution is 0.474. The van der Waals surface area contributed by atoms with Crippen molar-refractivity contribution in [2.24, 2.45) is 0 Å². The molecule has 124 valence electrons. The summed E-state index contributed by atoms with van der Waals surface area (Å²) in [7, 11) is 0. The molecule has 2 aromatic rings. The highest BCUT2D eigenvalue weighted by molar-refractivity contribution is 5.28. The Labute approximate surface area is 139 Å². The van der Waals surface area contributed by atoms with Gasteiger partial charge < -0.3 is 10.2 Å². The molecule has 2 N–H and O–H groups in total. The number of rotatable bonds is 9. The van der Waals surface area contributed by atoms with E-state index < -0.39 is 0 Å². The fraction of sp³-hybridized carbons (Fsp3) is 0.429. The molecule has 0 radical (unpaired) electrons. The van der Waals surface area contributed by atoms with E-state index in [2.05, 4.69) is 6.92 Å². The Kier molecular flexibility index (Phi) is 6.99. The number of hydrogen-bond acceptors (Lipinski definition) is 2. The van der Waals surface area contributed by atoms with Gasteiger partial charge in [-0.2, -0.15) is 0 Å². The van der Waals surface area contributed by atoms with E-state index in [4.69, 9.17) is 0 Å². The van der Waals surface area contributed by atoms with Crippen LogP contribution in [0.2, 0.25) is 0 Å². The van der Waals surface area contributed by atoms with Gasteiger partial charge in [0, 0.05) is 0 Å². The molecule has 0 aliphatic heterocycles. The molecule has 1 atom stereocenters. The Morgan fingerprint density at radius 1 is 0.696 bits per heavy atom. The molecule has 0 amide bonds. The molecule has 0 spiro atoms. The molecule has 0 heterocycles. The van der Waals surface area contributed by atoms with Crippen LogP contribution >= 0.6 is 0 Å². The van der Waals surface area contributed by atoms with Crippen LogP contribution in [0.25, 0.3) is 0 Å². The van der Waals surface area contributed by atoms with Crippen molar-refractivity contribution in [3.8, 4) is 11.5 Å². The van der Waals surface area contributed by atoms with E-state index in [1.54, 1.807) is 24.3 Å². The Morgan fingerprint density at radius 2 is 1.22 bits per heavy atom. The molecule has 1 unspecified atom stereocenters. The van der Waals surface area contributed by atoms with Gasteiger partial charge in [-0.25, -0.2) is 0 Å². The number of aryl methyl sites for hydroxylation is 1. The van der Waals surface area contributed by atoms with E-state index in [0.29, 0.717) is 17.4 Å². The Morgan fingerprint density at radius 3 is 1.87 bits per heavy atom. The van der Waals surface area contributed by atoms with Crippen LogP contribution in [0.4, 0.5) is 0 Å². The second-order valence-electron chi connectivity index (χ2n) is 6.47. The second-order valence-corrected chi connectivity index (χ2v) is 6.47. The lowest BCUT2D eigenvalue weighted by atomic mass is 9.94. The number of unbranched alkanes of at least 4 members (excludes halogenated alkanes) is 4. The minimum Gasteiger partial charge on any atom is -0.508 e. The van der Waals surface area contributed by atoms with E-state index in [-0.39, 0.29) is 0 Å². The van der Waals surface area contributed by atoms with Crippen LogP contribution in [0.5, 0.6) is 11.5 Å². The van der Waals surface area contributed by atoms with E-state index in [0.717, 1.165) is 6.42 Å². The van der Waals surface area contributed by atoms with Gasteiger partial charge in [0.1, 0.15) is 11.5 Å². The lowest BCUT2D eigenvalue weighted by Crippen LogP contribution is -1.93. The maximum Gasteiger partial charge on any atom is 0.115 e. The fourth-order valence-electron chi connectivity index (χ4n) is 2.94. The van der Waals surface area contributed by atoms with Crippen LogP contribution in [0.3, 0.4) is 0 Å². The van der Waals surface area contributed by atoms with Crippen LogP contribution in [0.15, 0.2) is 48.5 Å². The van der Waals surface area contributed by atoms with Gasteiger partial charge in [-0.3, -0.25) is 0 Å². The summed E-state index contributed by atoms with van der Waals surface area (Å²) in [6.45, 7) is 2.26. The summed E-state index contributed by atoms with van der Waals surface area (Å²) in [6, 6.07) is 15.1. The molecule has 0 aliphatic rings. The van der Waals surface area contributed by atoms with Gasteiger partial charge in [0.25, 0.3) is 0 Å². The maximum absolute atomic E-state index is 9.32. The van der Waals surface area contributed by atoms with Crippen molar-refractivity contribution in [3.63, 3.8) is 0 Å². The molecule has 0 fully saturated rings. The molecule has 2 aromatic carbocycles. The molecule has 0 aromatic heterocycles. The summed E-state index contributed by atoms with van der Waals surface area (Å²) < 4.78 is 0. The van der Waals surface area contributed by atoms with Gasteiger partial charge in [-0.15, -0.1) is 0 Å². The Bertz CT molecular complexity index is 557. The summed E-state index contributed by atoms with van der Waals surface area (Å²) in [5, 5.41) is 18.6. The molecular weight excluding hydrogens is 284 g/mol. The average Bonchev–Trinajstić information content (AvgIpc) is 2.56. The quantitative estimate of drug-likeness (QED) is 0.576. The largest absolute Gasteiger partial charge is 0.508 e.